The molecule has 0 aromatic heterocycles. The minimum absolute atomic E-state index is 0.0692. The lowest BCUT2D eigenvalue weighted by Gasteiger charge is -2.11. The van der Waals surface area contributed by atoms with Crippen molar-refractivity contribution in [2.24, 2.45) is 5.92 Å². The van der Waals surface area contributed by atoms with Crippen LogP contribution in [0.3, 0.4) is 0 Å². The molecule has 1 saturated heterocycles. The fourth-order valence-corrected chi connectivity index (χ4v) is 2.44. The molecule has 2 aliphatic heterocycles. The second-order valence-corrected chi connectivity index (χ2v) is 4.36. The number of para-hydroxylation sites is 1. The average molecular weight is 218 g/mol. The van der Waals surface area contributed by atoms with Crippen LogP contribution in [-0.4, -0.2) is 25.6 Å². The van der Waals surface area contributed by atoms with Crippen LogP contribution in [0.1, 0.15) is 17.9 Å². The van der Waals surface area contributed by atoms with Crippen molar-refractivity contribution in [3.63, 3.8) is 0 Å². The van der Waals surface area contributed by atoms with E-state index in [1.54, 1.807) is 0 Å². The van der Waals surface area contributed by atoms with Crippen molar-refractivity contribution < 1.29 is 14.3 Å². The van der Waals surface area contributed by atoms with Crippen LogP contribution < -0.4 is 4.74 Å². The SMILES string of the molecule is O=C(C1CCOC1)C1COc2ccccc21. The molecule has 1 aromatic rings. The van der Waals surface area contributed by atoms with Gasteiger partial charge in [-0.3, -0.25) is 4.79 Å². The van der Waals surface area contributed by atoms with Crippen LogP contribution in [0.15, 0.2) is 24.3 Å². The summed E-state index contributed by atoms with van der Waals surface area (Å²) in [7, 11) is 0. The van der Waals surface area contributed by atoms with Gasteiger partial charge >= 0.3 is 0 Å². The summed E-state index contributed by atoms with van der Waals surface area (Å²) in [4.78, 5) is 12.3. The zero-order valence-electron chi connectivity index (χ0n) is 9.02. The number of rotatable bonds is 2. The van der Waals surface area contributed by atoms with Crippen LogP contribution >= 0.6 is 0 Å². The summed E-state index contributed by atoms with van der Waals surface area (Å²) >= 11 is 0. The molecular formula is C13H14O3. The van der Waals surface area contributed by atoms with Gasteiger partial charge < -0.3 is 9.47 Å². The summed E-state index contributed by atoms with van der Waals surface area (Å²) in [5.41, 5.74) is 1.04. The van der Waals surface area contributed by atoms with Gasteiger partial charge in [-0.25, -0.2) is 0 Å². The fraction of sp³-hybridized carbons (Fsp3) is 0.462. The lowest BCUT2D eigenvalue weighted by Crippen LogP contribution is -2.23. The maximum Gasteiger partial charge on any atom is 0.149 e. The first-order valence-electron chi connectivity index (χ1n) is 5.69. The van der Waals surface area contributed by atoms with Gasteiger partial charge in [-0.05, 0) is 12.5 Å². The van der Waals surface area contributed by atoms with Crippen LogP contribution in [-0.2, 0) is 9.53 Å². The Balaban J connectivity index is 1.84. The summed E-state index contributed by atoms with van der Waals surface area (Å²) in [6.45, 7) is 1.79. The molecule has 2 aliphatic rings. The Bertz CT molecular complexity index is 407. The highest BCUT2D eigenvalue weighted by Crippen LogP contribution is 2.36. The van der Waals surface area contributed by atoms with Crippen LogP contribution in [0, 0.1) is 5.92 Å². The zero-order valence-corrected chi connectivity index (χ0v) is 9.02. The van der Waals surface area contributed by atoms with Gasteiger partial charge in [-0.1, -0.05) is 18.2 Å². The molecule has 3 nitrogen and oxygen atoms in total. The quantitative estimate of drug-likeness (QED) is 0.759. The Morgan fingerprint density at radius 1 is 1.25 bits per heavy atom. The van der Waals surface area contributed by atoms with Crippen LogP contribution in [0.4, 0.5) is 0 Å². The van der Waals surface area contributed by atoms with Crippen molar-refractivity contribution in [3.05, 3.63) is 29.8 Å². The number of benzene rings is 1. The second kappa shape index (κ2) is 3.91. The number of hydrogen-bond donors (Lipinski definition) is 0. The first kappa shape index (κ1) is 9.85. The van der Waals surface area contributed by atoms with Crippen LogP contribution in [0.25, 0.3) is 0 Å². The molecule has 0 spiro atoms. The molecule has 1 fully saturated rings. The van der Waals surface area contributed by atoms with E-state index in [-0.39, 0.29) is 17.6 Å². The van der Waals surface area contributed by atoms with E-state index in [4.69, 9.17) is 9.47 Å². The molecule has 3 rings (SSSR count). The van der Waals surface area contributed by atoms with Crippen molar-refractivity contribution >= 4 is 5.78 Å². The summed E-state index contributed by atoms with van der Waals surface area (Å²) in [6.07, 6.45) is 0.859. The van der Waals surface area contributed by atoms with E-state index in [1.165, 1.54) is 0 Å². The fourth-order valence-electron chi connectivity index (χ4n) is 2.44. The monoisotopic (exact) mass is 218 g/mol. The largest absolute Gasteiger partial charge is 0.492 e. The molecule has 0 N–H and O–H groups in total. The molecule has 0 amide bonds. The lowest BCUT2D eigenvalue weighted by molar-refractivity contribution is -0.124. The van der Waals surface area contributed by atoms with Crippen LogP contribution in [0.5, 0.6) is 5.75 Å². The third-order valence-corrected chi connectivity index (χ3v) is 3.38. The van der Waals surface area contributed by atoms with E-state index in [1.807, 2.05) is 24.3 Å². The molecule has 16 heavy (non-hydrogen) atoms. The summed E-state index contributed by atoms with van der Waals surface area (Å²) in [5.74, 6) is 1.13. The van der Waals surface area contributed by atoms with Gasteiger partial charge in [-0.15, -0.1) is 0 Å². The third-order valence-electron chi connectivity index (χ3n) is 3.38. The highest BCUT2D eigenvalue weighted by Gasteiger charge is 2.35. The van der Waals surface area contributed by atoms with Crippen LogP contribution in [0.2, 0.25) is 0 Å². The molecule has 0 aliphatic carbocycles. The standard InChI is InChI=1S/C13H14O3/c14-13(9-5-6-15-7-9)11-8-16-12-4-2-1-3-10(11)12/h1-4,9,11H,5-8H2. The topological polar surface area (TPSA) is 35.5 Å². The predicted octanol–water partition coefficient (Wildman–Crippen LogP) is 1.77. The molecule has 0 radical (unpaired) electrons. The van der Waals surface area contributed by atoms with Gasteiger partial charge in [0.15, 0.2) is 0 Å². The molecule has 3 heteroatoms. The summed E-state index contributed by atoms with van der Waals surface area (Å²) in [5, 5.41) is 0. The van der Waals surface area contributed by atoms with Gasteiger partial charge in [0, 0.05) is 18.1 Å². The number of ketones is 1. The maximum absolute atomic E-state index is 12.3. The normalized spacial score (nSPS) is 27.5. The summed E-state index contributed by atoms with van der Waals surface area (Å²) < 4.78 is 10.8. The zero-order chi connectivity index (χ0) is 11.0. The molecule has 84 valence electrons. The molecular weight excluding hydrogens is 204 g/mol. The maximum atomic E-state index is 12.3. The minimum Gasteiger partial charge on any atom is -0.492 e. The van der Waals surface area contributed by atoms with E-state index in [0.717, 1.165) is 17.7 Å². The van der Waals surface area contributed by atoms with Crippen molar-refractivity contribution in [2.75, 3.05) is 19.8 Å². The second-order valence-electron chi connectivity index (χ2n) is 4.36. The highest BCUT2D eigenvalue weighted by atomic mass is 16.5. The smallest absolute Gasteiger partial charge is 0.149 e. The third kappa shape index (κ3) is 1.52. The Morgan fingerprint density at radius 3 is 2.94 bits per heavy atom. The van der Waals surface area contributed by atoms with Gasteiger partial charge in [0.05, 0.1) is 12.5 Å². The van der Waals surface area contributed by atoms with Gasteiger partial charge in [0.2, 0.25) is 0 Å². The number of fused-ring (bicyclic) bond motifs is 1. The van der Waals surface area contributed by atoms with E-state index >= 15 is 0 Å². The van der Waals surface area contributed by atoms with Gasteiger partial charge in [0.25, 0.3) is 0 Å². The highest BCUT2D eigenvalue weighted by molar-refractivity contribution is 5.89. The number of carbonyl (C=O) groups is 1. The minimum atomic E-state index is -0.0806. The Morgan fingerprint density at radius 2 is 2.12 bits per heavy atom. The molecule has 2 unspecified atom stereocenters. The summed E-state index contributed by atoms with van der Waals surface area (Å²) in [6, 6.07) is 7.80. The Hall–Kier alpha value is -1.35. The molecule has 1 aromatic carbocycles. The average Bonchev–Trinajstić information content (AvgIpc) is 2.98. The van der Waals surface area contributed by atoms with E-state index < -0.39 is 0 Å². The van der Waals surface area contributed by atoms with Gasteiger partial charge in [0.1, 0.15) is 18.1 Å². The van der Waals surface area contributed by atoms with Crippen molar-refractivity contribution in [3.8, 4) is 5.75 Å². The predicted molar refractivity (Wildman–Crippen MR) is 58.6 cm³/mol. The Labute approximate surface area is 94.4 Å². The van der Waals surface area contributed by atoms with Gasteiger partial charge in [-0.2, -0.15) is 0 Å². The van der Waals surface area contributed by atoms with E-state index in [9.17, 15) is 4.79 Å². The lowest BCUT2D eigenvalue weighted by atomic mass is 9.88. The molecule has 2 heterocycles. The molecule has 0 saturated carbocycles. The Kier molecular flexibility index (Phi) is 2.40. The first-order valence-corrected chi connectivity index (χ1v) is 5.69. The number of Topliss-reactive ketones (excluding diaryl/α,β-unsaturated/α-hetero) is 1. The molecule has 2 atom stereocenters. The van der Waals surface area contributed by atoms with E-state index in [0.29, 0.717) is 19.8 Å². The van der Waals surface area contributed by atoms with Crippen molar-refractivity contribution in [1.82, 2.24) is 0 Å². The number of ether oxygens (including phenoxy) is 2. The number of hydrogen-bond acceptors (Lipinski definition) is 3. The number of carbonyl (C=O) groups excluding carboxylic acids is 1. The van der Waals surface area contributed by atoms with E-state index in [2.05, 4.69) is 0 Å². The van der Waals surface area contributed by atoms with Crippen molar-refractivity contribution in [2.45, 2.75) is 12.3 Å². The van der Waals surface area contributed by atoms with Crippen molar-refractivity contribution in [1.29, 1.82) is 0 Å². The first-order chi connectivity index (χ1) is 7.86. The molecule has 0 bridgehead atoms.